The van der Waals surface area contributed by atoms with Gasteiger partial charge in [0, 0.05) is 18.0 Å². The lowest BCUT2D eigenvalue weighted by Crippen LogP contribution is -2.24. The van der Waals surface area contributed by atoms with E-state index in [2.05, 4.69) is 6.92 Å². The summed E-state index contributed by atoms with van der Waals surface area (Å²) in [6.07, 6.45) is 6.87. The van der Waals surface area contributed by atoms with Gasteiger partial charge in [0.15, 0.2) is 5.75 Å². The van der Waals surface area contributed by atoms with E-state index in [-0.39, 0.29) is 17.4 Å². The molecule has 1 heterocycles. The molecule has 0 fully saturated rings. The smallest absolute Gasteiger partial charge is 0.297 e. The number of hydrogen-bond acceptors (Lipinski definition) is 4. The van der Waals surface area contributed by atoms with Gasteiger partial charge in [-0.25, -0.2) is 0 Å². The number of hydrogen-bond donors (Lipinski definition) is 0. The summed E-state index contributed by atoms with van der Waals surface area (Å²) in [6, 6.07) is 15.7. The Morgan fingerprint density at radius 2 is 1.64 bits per heavy atom. The van der Waals surface area contributed by atoms with Crippen LogP contribution in [0.15, 0.2) is 53.3 Å². The van der Waals surface area contributed by atoms with E-state index < -0.39 is 0 Å². The molecular formula is C28H37NO4. The first-order chi connectivity index (χ1) is 16.0. The molecule has 0 radical (unpaired) electrons. The Bertz CT molecular complexity index is 1070. The van der Waals surface area contributed by atoms with Crippen molar-refractivity contribution < 1.29 is 14.2 Å². The lowest BCUT2D eigenvalue weighted by Gasteiger charge is -2.20. The van der Waals surface area contributed by atoms with Crippen LogP contribution in [0.4, 0.5) is 0 Å². The highest BCUT2D eigenvalue weighted by Crippen LogP contribution is 2.36. The number of pyridine rings is 1. The highest BCUT2D eigenvalue weighted by atomic mass is 16.5. The van der Waals surface area contributed by atoms with Crippen LogP contribution in [0.5, 0.6) is 17.2 Å². The van der Waals surface area contributed by atoms with Crippen LogP contribution in [0.2, 0.25) is 0 Å². The summed E-state index contributed by atoms with van der Waals surface area (Å²) in [7, 11) is 1.64. The molecule has 3 rings (SSSR count). The van der Waals surface area contributed by atoms with E-state index in [9.17, 15) is 4.79 Å². The third kappa shape index (κ3) is 6.53. The van der Waals surface area contributed by atoms with E-state index in [1.54, 1.807) is 7.11 Å². The van der Waals surface area contributed by atoms with Gasteiger partial charge in [0.1, 0.15) is 12.4 Å². The molecule has 0 aliphatic carbocycles. The quantitative estimate of drug-likeness (QED) is 0.270. The highest BCUT2D eigenvalue weighted by Gasteiger charge is 2.21. The van der Waals surface area contributed by atoms with Gasteiger partial charge in [0.25, 0.3) is 5.56 Å². The number of fused-ring (bicyclic) bond motifs is 1. The van der Waals surface area contributed by atoms with Crippen molar-refractivity contribution in [2.75, 3.05) is 7.11 Å². The zero-order chi connectivity index (χ0) is 23.6. The third-order valence-corrected chi connectivity index (χ3v) is 5.70. The van der Waals surface area contributed by atoms with Gasteiger partial charge in [-0.1, -0.05) is 69.4 Å². The molecule has 0 aliphatic rings. The molecule has 0 spiro atoms. The fraction of sp³-hybridized carbons (Fsp3) is 0.464. The maximum Gasteiger partial charge on any atom is 0.297 e. The first kappa shape index (κ1) is 24.7. The van der Waals surface area contributed by atoms with Crippen molar-refractivity contribution in [3.8, 4) is 17.2 Å². The molecule has 0 bridgehead atoms. The molecule has 0 unspecified atom stereocenters. The molecule has 0 N–H and O–H groups in total. The summed E-state index contributed by atoms with van der Waals surface area (Å²) < 4.78 is 19.6. The SMILES string of the molecule is CCCCCCCCn1c(=O)c(OCc2ccccc2)c(OC(C)C)c2ccc(OC)cc21. The van der Waals surface area contributed by atoms with E-state index >= 15 is 0 Å². The molecule has 0 atom stereocenters. The molecule has 178 valence electrons. The molecule has 3 aromatic rings. The minimum Gasteiger partial charge on any atom is -0.497 e. The second-order valence-corrected chi connectivity index (χ2v) is 8.71. The minimum absolute atomic E-state index is 0.0943. The minimum atomic E-state index is -0.157. The van der Waals surface area contributed by atoms with Gasteiger partial charge in [-0.2, -0.15) is 0 Å². The third-order valence-electron chi connectivity index (χ3n) is 5.70. The van der Waals surface area contributed by atoms with E-state index in [1.165, 1.54) is 25.7 Å². The first-order valence-corrected chi connectivity index (χ1v) is 12.1. The molecule has 0 saturated heterocycles. The average Bonchev–Trinajstić information content (AvgIpc) is 2.82. The van der Waals surface area contributed by atoms with Gasteiger partial charge in [-0.05, 0) is 38.0 Å². The van der Waals surface area contributed by atoms with Gasteiger partial charge in [-0.3, -0.25) is 4.79 Å². The zero-order valence-corrected chi connectivity index (χ0v) is 20.4. The summed E-state index contributed by atoms with van der Waals surface area (Å²) in [4.78, 5) is 13.7. The Balaban J connectivity index is 2.01. The van der Waals surface area contributed by atoms with Crippen LogP contribution in [0.25, 0.3) is 10.9 Å². The van der Waals surface area contributed by atoms with Gasteiger partial charge in [-0.15, -0.1) is 0 Å². The molecule has 1 aromatic heterocycles. The molecule has 0 saturated carbocycles. The van der Waals surface area contributed by atoms with Gasteiger partial charge < -0.3 is 18.8 Å². The van der Waals surface area contributed by atoms with Crippen molar-refractivity contribution in [3.63, 3.8) is 0 Å². The van der Waals surface area contributed by atoms with Crippen molar-refractivity contribution in [3.05, 3.63) is 64.4 Å². The summed E-state index contributed by atoms with van der Waals surface area (Å²) in [5.41, 5.74) is 1.66. The van der Waals surface area contributed by atoms with Crippen LogP contribution >= 0.6 is 0 Å². The van der Waals surface area contributed by atoms with Crippen LogP contribution in [-0.4, -0.2) is 17.8 Å². The number of aromatic nitrogens is 1. The van der Waals surface area contributed by atoms with Crippen LogP contribution in [-0.2, 0) is 13.2 Å². The predicted molar refractivity (Wildman–Crippen MR) is 135 cm³/mol. The lowest BCUT2D eigenvalue weighted by atomic mass is 10.1. The number of aryl methyl sites for hydroxylation is 1. The number of benzene rings is 2. The van der Waals surface area contributed by atoms with Crippen molar-refractivity contribution in [1.82, 2.24) is 4.57 Å². The number of ether oxygens (including phenoxy) is 3. The largest absolute Gasteiger partial charge is 0.497 e. The summed E-state index contributed by atoms with van der Waals surface area (Å²) >= 11 is 0. The maximum absolute atomic E-state index is 13.7. The summed E-state index contributed by atoms with van der Waals surface area (Å²) in [6.45, 7) is 7.08. The number of unbranched alkanes of at least 4 members (excludes halogenated alkanes) is 5. The number of rotatable bonds is 13. The van der Waals surface area contributed by atoms with Crippen molar-refractivity contribution in [1.29, 1.82) is 0 Å². The molecule has 0 amide bonds. The normalized spacial score (nSPS) is 11.2. The van der Waals surface area contributed by atoms with Gasteiger partial charge in [0.05, 0.1) is 18.7 Å². The lowest BCUT2D eigenvalue weighted by molar-refractivity contribution is 0.218. The Hall–Kier alpha value is -2.95. The standard InChI is InChI=1S/C28H37NO4/c1-5-6-7-8-9-13-18-29-25-19-23(31-4)16-17-24(25)26(33-21(2)3)27(28(29)30)32-20-22-14-11-10-12-15-22/h10-12,14-17,19,21H,5-9,13,18,20H2,1-4H3. The van der Waals surface area contributed by atoms with Crippen LogP contribution < -0.4 is 19.8 Å². The fourth-order valence-electron chi connectivity index (χ4n) is 3.99. The van der Waals surface area contributed by atoms with E-state index in [0.717, 1.165) is 29.3 Å². The highest BCUT2D eigenvalue weighted by molar-refractivity contribution is 5.89. The average molecular weight is 452 g/mol. The summed E-state index contributed by atoms with van der Waals surface area (Å²) in [5.74, 6) is 1.49. The molecule has 2 aromatic carbocycles. The Labute approximate surface area is 197 Å². The Kier molecular flexibility index (Phi) is 9.23. The first-order valence-electron chi connectivity index (χ1n) is 12.1. The number of methoxy groups -OCH3 is 1. The summed E-state index contributed by atoms with van der Waals surface area (Å²) in [5, 5.41) is 0.859. The zero-order valence-electron chi connectivity index (χ0n) is 20.4. The van der Waals surface area contributed by atoms with E-state index in [0.29, 0.717) is 24.7 Å². The molecule has 33 heavy (non-hydrogen) atoms. The van der Waals surface area contributed by atoms with Gasteiger partial charge >= 0.3 is 0 Å². The van der Waals surface area contributed by atoms with Crippen molar-refractivity contribution >= 4 is 10.9 Å². The molecular weight excluding hydrogens is 414 g/mol. The fourth-order valence-corrected chi connectivity index (χ4v) is 3.99. The Morgan fingerprint density at radius 1 is 0.909 bits per heavy atom. The second kappa shape index (κ2) is 12.3. The second-order valence-electron chi connectivity index (χ2n) is 8.71. The molecule has 0 aliphatic heterocycles. The van der Waals surface area contributed by atoms with Crippen LogP contribution in [0.3, 0.4) is 0 Å². The topological polar surface area (TPSA) is 49.7 Å². The van der Waals surface area contributed by atoms with Gasteiger partial charge in [0.2, 0.25) is 5.75 Å². The van der Waals surface area contributed by atoms with Crippen LogP contribution in [0.1, 0.15) is 64.9 Å². The van der Waals surface area contributed by atoms with Crippen molar-refractivity contribution in [2.24, 2.45) is 0 Å². The van der Waals surface area contributed by atoms with E-state index in [4.69, 9.17) is 14.2 Å². The maximum atomic E-state index is 13.7. The monoisotopic (exact) mass is 451 g/mol. The van der Waals surface area contributed by atoms with E-state index in [1.807, 2.05) is 66.9 Å². The Morgan fingerprint density at radius 3 is 2.33 bits per heavy atom. The molecule has 5 heteroatoms. The van der Waals surface area contributed by atoms with Crippen molar-refractivity contribution in [2.45, 2.75) is 78.6 Å². The predicted octanol–water partition coefficient (Wildman–Crippen LogP) is 6.74. The molecule has 5 nitrogen and oxygen atoms in total. The van der Waals surface area contributed by atoms with Crippen LogP contribution in [0, 0.1) is 0 Å². The number of nitrogens with zero attached hydrogens (tertiary/aromatic N) is 1.